The van der Waals surface area contributed by atoms with Gasteiger partial charge in [0.05, 0.1) is 5.60 Å². The van der Waals surface area contributed by atoms with Gasteiger partial charge in [0.25, 0.3) is 0 Å². The molecule has 0 heterocycles. The van der Waals surface area contributed by atoms with E-state index in [-0.39, 0.29) is 16.2 Å². The maximum atomic E-state index is 15.6. The van der Waals surface area contributed by atoms with E-state index in [2.05, 4.69) is 61.5 Å². The van der Waals surface area contributed by atoms with Crippen molar-refractivity contribution >= 4 is 0 Å². The van der Waals surface area contributed by atoms with E-state index in [9.17, 15) is 0 Å². The molecule has 0 bridgehead atoms. The molecule has 0 amide bonds. The molecule has 1 aliphatic carbocycles. The van der Waals surface area contributed by atoms with Gasteiger partial charge in [-0.3, -0.25) is 0 Å². The molecule has 103 heavy (non-hydrogen) atoms. The molecule has 0 saturated heterocycles. The molecule has 0 spiro atoms. The lowest BCUT2D eigenvalue weighted by atomic mass is 9.34. The zero-order valence-corrected chi connectivity index (χ0v) is 73.7. The Kier molecular flexibility index (Phi) is 75.3. The van der Waals surface area contributed by atoms with Crippen molar-refractivity contribution in [2.45, 2.75) is 626 Å². The average Bonchev–Trinajstić information content (AvgIpc) is 0.677. The van der Waals surface area contributed by atoms with Gasteiger partial charge in [-0.1, -0.05) is 574 Å². The first-order valence-electron chi connectivity index (χ1n) is 50.3. The van der Waals surface area contributed by atoms with E-state index in [1.807, 2.05) is 5.57 Å². The van der Waals surface area contributed by atoms with Crippen LogP contribution in [0.15, 0.2) is 11.6 Å². The molecule has 1 atom stereocenters. The molecular weight excluding hydrogens is 1240 g/mol. The Morgan fingerprint density at radius 3 is 0.505 bits per heavy atom. The number of aliphatic hydroxyl groups is 1. The molecule has 1 unspecified atom stereocenters. The quantitative estimate of drug-likeness (QED) is 0.0475. The lowest BCUT2D eigenvalue weighted by molar-refractivity contribution is -0.215. The van der Waals surface area contributed by atoms with Gasteiger partial charge in [-0.15, -0.1) is 0 Å². The molecule has 616 valence electrons. The van der Waals surface area contributed by atoms with Crippen LogP contribution in [0.2, 0.25) is 0 Å². The number of hydrogen-bond acceptors (Lipinski definition) is 1. The summed E-state index contributed by atoms with van der Waals surface area (Å²) >= 11 is 0. The molecule has 0 aliphatic heterocycles. The fourth-order valence-corrected chi connectivity index (χ4v) is 20.6. The SMILES string of the molecule is CCCCCCCCCCCCC1=CC(O)(CCCCCCCCCCCC)C(CCCCCCCCCCCC)(CCCCCCCCCCCC)C(CCCCCCCCCCCC)(CCCCCCCCCCCC)C1(CCCCCCCCCCCC)CCCCCCCCCCCC. The van der Waals surface area contributed by atoms with Gasteiger partial charge in [0.15, 0.2) is 0 Å². The van der Waals surface area contributed by atoms with Gasteiger partial charge in [0.1, 0.15) is 0 Å². The zero-order valence-electron chi connectivity index (χ0n) is 73.7. The highest BCUT2D eigenvalue weighted by atomic mass is 16.3. The predicted molar refractivity (Wildman–Crippen MR) is 472 cm³/mol. The third-order valence-corrected chi connectivity index (χ3v) is 27.1. The van der Waals surface area contributed by atoms with Crippen LogP contribution in [-0.2, 0) is 0 Å². The van der Waals surface area contributed by atoms with Crippen LogP contribution in [0.1, 0.15) is 620 Å². The van der Waals surface area contributed by atoms with E-state index in [0.29, 0.717) is 0 Å². The molecule has 0 aromatic rings. The van der Waals surface area contributed by atoms with Crippen LogP contribution in [0.4, 0.5) is 0 Å². The first-order valence-corrected chi connectivity index (χ1v) is 50.3. The Balaban J connectivity index is 4.62. The maximum absolute atomic E-state index is 15.6. The molecule has 1 nitrogen and oxygen atoms in total. The van der Waals surface area contributed by atoms with Crippen LogP contribution in [-0.4, -0.2) is 10.7 Å². The molecule has 1 aliphatic rings. The molecular formula is C102H202O. The van der Waals surface area contributed by atoms with Gasteiger partial charge in [-0.05, 0) is 68.6 Å². The molecule has 1 heteroatoms. The van der Waals surface area contributed by atoms with E-state index in [1.165, 1.54) is 559 Å². The highest BCUT2D eigenvalue weighted by Gasteiger charge is 2.69. The molecule has 0 fully saturated rings. The summed E-state index contributed by atoms with van der Waals surface area (Å²) in [5.74, 6) is 0. The Hall–Kier alpha value is -0.300. The summed E-state index contributed by atoms with van der Waals surface area (Å²) in [5.41, 5.74) is 1.35. The van der Waals surface area contributed by atoms with Crippen molar-refractivity contribution in [3.8, 4) is 0 Å². The maximum Gasteiger partial charge on any atom is 0.0892 e. The van der Waals surface area contributed by atoms with Gasteiger partial charge in [-0.25, -0.2) is 0 Å². The van der Waals surface area contributed by atoms with E-state index in [0.717, 1.165) is 6.42 Å². The third kappa shape index (κ3) is 51.1. The summed E-state index contributed by atoms with van der Waals surface area (Å²) in [7, 11) is 0. The van der Waals surface area contributed by atoms with Crippen molar-refractivity contribution in [2.75, 3.05) is 0 Å². The topological polar surface area (TPSA) is 20.2 Å². The average molecular weight is 1440 g/mol. The molecule has 0 radical (unpaired) electrons. The minimum Gasteiger partial charge on any atom is -0.385 e. The molecule has 1 N–H and O–H groups in total. The van der Waals surface area contributed by atoms with Crippen molar-refractivity contribution in [1.29, 1.82) is 0 Å². The first-order chi connectivity index (χ1) is 50.8. The van der Waals surface area contributed by atoms with Gasteiger partial charge in [0, 0.05) is 5.41 Å². The van der Waals surface area contributed by atoms with Gasteiger partial charge in [-0.2, -0.15) is 0 Å². The van der Waals surface area contributed by atoms with Crippen LogP contribution in [0.25, 0.3) is 0 Å². The van der Waals surface area contributed by atoms with E-state index in [4.69, 9.17) is 0 Å². The molecule has 0 aromatic heterocycles. The Bertz CT molecular complexity index is 1580. The minimum atomic E-state index is -0.741. The fraction of sp³-hybridized carbons (Fsp3) is 0.980. The minimum absolute atomic E-state index is 0.0869. The predicted octanol–water partition coefficient (Wildman–Crippen LogP) is 38.1. The number of allylic oxidation sites excluding steroid dienone is 1. The van der Waals surface area contributed by atoms with Crippen molar-refractivity contribution in [3.05, 3.63) is 11.6 Å². The van der Waals surface area contributed by atoms with Gasteiger partial charge >= 0.3 is 0 Å². The second kappa shape index (κ2) is 77.0. The lowest BCUT2D eigenvalue weighted by Gasteiger charge is -2.70. The molecule has 1 rings (SSSR count). The largest absolute Gasteiger partial charge is 0.385 e. The monoisotopic (exact) mass is 1440 g/mol. The van der Waals surface area contributed by atoms with E-state index < -0.39 is 5.60 Å². The van der Waals surface area contributed by atoms with E-state index >= 15 is 5.11 Å². The van der Waals surface area contributed by atoms with Crippen LogP contribution < -0.4 is 0 Å². The van der Waals surface area contributed by atoms with Crippen LogP contribution in [0.5, 0.6) is 0 Å². The second-order valence-electron chi connectivity index (χ2n) is 36.3. The number of rotatable bonds is 88. The summed E-state index contributed by atoms with van der Waals surface area (Å²) in [6, 6.07) is 0. The van der Waals surface area contributed by atoms with Gasteiger partial charge in [0.2, 0.25) is 0 Å². The highest BCUT2D eigenvalue weighted by molar-refractivity contribution is 5.36. The summed E-state index contributed by atoms with van der Waals surface area (Å²) in [4.78, 5) is 0. The van der Waals surface area contributed by atoms with Crippen molar-refractivity contribution in [2.24, 2.45) is 16.2 Å². The van der Waals surface area contributed by atoms with Crippen LogP contribution in [0.3, 0.4) is 0 Å². The fourth-order valence-electron chi connectivity index (χ4n) is 20.6. The Morgan fingerprint density at radius 1 is 0.165 bits per heavy atom. The number of hydrogen-bond donors (Lipinski definition) is 1. The molecule has 0 aromatic carbocycles. The third-order valence-electron chi connectivity index (χ3n) is 27.1. The standard InChI is InChI=1S/C102H202O/c1-9-17-25-33-41-49-57-65-73-81-89-98-97-102(103,96-88-80-72-64-56-48-40-32-24-16-8)101(94-86-78-70-62-54-46-38-30-22-14-6,95-87-79-71-63-55-47-39-31-23-15-7)100(92-84-76-68-60-52-44-36-28-20-12-4,93-85-77-69-61-53-45-37-29-21-13-5)99(98,90-82-74-66-58-50-42-34-26-18-10-2)91-83-75-67-59-51-43-35-27-19-11-3/h97,103H,9-96H2,1-8H3. The van der Waals surface area contributed by atoms with Crippen molar-refractivity contribution < 1.29 is 5.11 Å². The van der Waals surface area contributed by atoms with Gasteiger partial charge < -0.3 is 5.11 Å². The Labute approximate surface area is 655 Å². The highest BCUT2D eigenvalue weighted by Crippen LogP contribution is 2.75. The summed E-state index contributed by atoms with van der Waals surface area (Å²) in [5, 5.41) is 15.6. The second-order valence-corrected chi connectivity index (χ2v) is 36.3. The number of unbranched alkanes of at least 4 members (excludes halogenated alkanes) is 72. The lowest BCUT2D eigenvalue weighted by Crippen LogP contribution is -2.67. The summed E-state index contributed by atoms with van der Waals surface area (Å²) in [6.45, 7) is 19.1. The van der Waals surface area contributed by atoms with Crippen LogP contribution >= 0.6 is 0 Å². The summed E-state index contributed by atoms with van der Waals surface area (Å²) in [6.07, 6.45) is 127. The normalized spacial score (nSPS) is 15.7. The van der Waals surface area contributed by atoms with Crippen LogP contribution in [0, 0.1) is 16.2 Å². The van der Waals surface area contributed by atoms with Crippen molar-refractivity contribution in [3.63, 3.8) is 0 Å². The van der Waals surface area contributed by atoms with Crippen molar-refractivity contribution in [1.82, 2.24) is 0 Å². The first kappa shape index (κ1) is 101. The zero-order chi connectivity index (χ0) is 74.5. The van der Waals surface area contributed by atoms with E-state index in [1.54, 1.807) is 0 Å². The Morgan fingerprint density at radius 2 is 0.311 bits per heavy atom. The molecule has 0 saturated carbocycles. The summed E-state index contributed by atoms with van der Waals surface area (Å²) < 4.78 is 0. The smallest absolute Gasteiger partial charge is 0.0892 e.